The molecule has 1 aliphatic carbocycles. The van der Waals surface area contributed by atoms with Crippen LogP contribution in [0.15, 0.2) is 23.8 Å². The van der Waals surface area contributed by atoms with Crippen molar-refractivity contribution in [2.24, 2.45) is 5.92 Å². The molecule has 1 aliphatic heterocycles. The van der Waals surface area contributed by atoms with E-state index in [1.54, 1.807) is 6.08 Å². The maximum Gasteiger partial charge on any atom is 0.183 e. The average molecular weight is 206 g/mol. The highest BCUT2D eigenvalue weighted by molar-refractivity contribution is 5.93. The molecule has 1 heterocycles. The van der Waals surface area contributed by atoms with Crippen LogP contribution < -0.4 is 0 Å². The Kier molecular flexibility index (Phi) is 3.06. The van der Waals surface area contributed by atoms with Crippen LogP contribution in [0, 0.1) is 5.92 Å². The summed E-state index contributed by atoms with van der Waals surface area (Å²) in [6, 6.07) is 0. The third-order valence-electron chi connectivity index (χ3n) is 3.38. The fourth-order valence-corrected chi connectivity index (χ4v) is 2.37. The van der Waals surface area contributed by atoms with Crippen LogP contribution in [-0.4, -0.2) is 18.0 Å². The van der Waals surface area contributed by atoms with Crippen LogP contribution in [0.2, 0.25) is 0 Å². The zero-order chi connectivity index (χ0) is 10.8. The van der Waals surface area contributed by atoms with E-state index < -0.39 is 0 Å². The molecule has 0 amide bonds. The van der Waals surface area contributed by atoms with Gasteiger partial charge in [-0.3, -0.25) is 4.79 Å². The van der Waals surface area contributed by atoms with Crippen molar-refractivity contribution in [1.82, 2.24) is 0 Å². The molecule has 0 N–H and O–H groups in total. The van der Waals surface area contributed by atoms with Gasteiger partial charge < -0.3 is 4.74 Å². The van der Waals surface area contributed by atoms with E-state index in [9.17, 15) is 4.79 Å². The van der Waals surface area contributed by atoms with E-state index >= 15 is 0 Å². The minimum atomic E-state index is -0.269. The largest absolute Gasteiger partial charge is 0.362 e. The molecular weight excluding hydrogens is 188 g/mol. The van der Waals surface area contributed by atoms with Crippen molar-refractivity contribution in [2.45, 2.75) is 45.3 Å². The highest BCUT2D eigenvalue weighted by Gasteiger charge is 2.29. The predicted molar refractivity (Wildman–Crippen MR) is 59.6 cm³/mol. The van der Waals surface area contributed by atoms with E-state index in [1.165, 1.54) is 24.8 Å². The number of hydrogen-bond donors (Lipinski definition) is 0. The van der Waals surface area contributed by atoms with Gasteiger partial charge in [0, 0.05) is 5.92 Å². The van der Waals surface area contributed by atoms with Crippen molar-refractivity contribution in [3.05, 3.63) is 23.8 Å². The summed E-state index contributed by atoms with van der Waals surface area (Å²) in [5, 5.41) is 0. The summed E-state index contributed by atoms with van der Waals surface area (Å²) in [5.74, 6) is 0.564. The minimum absolute atomic E-state index is 0.0868. The van der Waals surface area contributed by atoms with Gasteiger partial charge >= 0.3 is 0 Å². The third-order valence-corrected chi connectivity index (χ3v) is 3.38. The molecule has 2 rings (SSSR count). The molecule has 2 nitrogen and oxygen atoms in total. The molecule has 3 unspecified atom stereocenters. The first kappa shape index (κ1) is 10.6. The van der Waals surface area contributed by atoms with Gasteiger partial charge in [0.2, 0.25) is 0 Å². The van der Waals surface area contributed by atoms with Gasteiger partial charge in [-0.2, -0.15) is 0 Å². The highest BCUT2D eigenvalue weighted by Crippen LogP contribution is 2.31. The minimum Gasteiger partial charge on any atom is -0.362 e. The van der Waals surface area contributed by atoms with Crippen molar-refractivity contribution in [3.63, 3.8) is 0 Å². The van der Waals surface area contributed by atoms with Crippen molar-refractivity contribution in [1.29, 1.82) is 0 Å². The van der Waals surface area contributed by atoms with Gasteiger partial charge in [-0.05, 0) is 39.2 Å². The van der Waals surface area contributed by atoms with Gasteiger partial charge in [0.05, 0.1) is 6.10 Å². The number of hydrogen-bond acceptors (Lipinski definition) is 2. The third kappa shape index (κ3) is 2.20. The fourth-order valence-electron chi connectivity index (χ4n) is 2.37. The van der Waals surface area contributed by atoms with Crippen molar-refractivity contribution >= 4 is 5.78 Å². The van der Waals surface area contributed by atoms with Crippen LogP contribution in [0.25, 0.3) is 0 Å². The molecule has 0 saturated heterocycles. The Hall–Kier alpha value is -0.890. The maximum absolute atomic E-state index is 11.3. The topological polar surface area (TPSA) is 26.3 Å². The molecule has 0 aromatic heterocycles. The Morgan fingerprint density at radius 2 is 2.27 bits per heavy atom. The molecule has 0 fully saturated rings. The second kappa shape index (κ2) is 4.31. The molecule has 82 valence electrons. The average Bonchev–Trinajstić information content (AvgIpc) is 2.23. The number of ether oxygens (including phenoxy) is 1. The maximum atomic E-state index is 11.3. The zero-order valence-electron chi connectivity index (χ0n) is 9.40. The summed E-state index contributed by atoms with van der Waals surface area (Å²) < 4.78 is 5.73. The molecule has 0 bridgehead atoms. The second-order valence-corrected chi connectivity index (χ2v) is 4.49. The molecule has 2 aliphatic rings. The number of carbonyl (C=O) groups excluding carboxylic acids is 1. The molecular formula is C13H18O2. The zero-order valence-corrected chi connectivity index (χ0v) is 9.40. The predicted octanol–water partition coefficient (Wildman–Crippen LogP) is 2.65. The highest BCUT2D eigenvalue weighted by atomic mass is 16.5. The van der Waals surface area contributed by atoms with Gasteiger partial charge in [0.25, 0.3) is 0 Å². The van der Waals surface area contributed by atoms with E-state index in [0.717, 1.165) is 0 Å². The van der Waals surface area contributed by atoms with E-state index in [-0.39, 0.29) is 18.0 Å². The summed E-state index contributed by atoms with van der Waals surface area (Å²) in [4.78, 5) is 11.3. The number of ketones is 1. The lowest BCUT2D eigenvalue weighted by molar-refractivity contribution is -0.130. The van der Waals surface area contributed by atoms with Crippen LogP contribution >= 0.6 is 0 Å². The van der Waals surface area contributed by atoms with Gasteiger partial charge in [-0.25, -0.2) is 0 Å². The summed E-state index contributed by atoms with van der Waals surface area (Å²) in [7, 11) is 0. The number of allylic oxidation sites excluding steroid dienone is 1. The molecule has 0 saturated carbocycles. The quantitative estimate of drug-likeness (QED) is 0.616. The molecule has 3 atom stereocenters. The molecule has 0 aromatic rings. The SMILES string of the molecule is CC1=CCCCC1C1C=CC(=O)C(C)O1. The monoisotopic (exact) mass is 206 g/mol. The Morgan fingerprint density at radius 3 is 2.93 bits per heavy atom. The fraction of sp³-hybridized carbons (Fsp3) is 0.615. The smallest absolute Gasteiger partial charge is 0.183 e. The first-order valence-corrected chi connectivity index (χ1v) is 5.72. The van der Waals surface area contributed by atoms with Crippen LogP contribution in [0.1, 0.15) is 33.1 Å². The van der Waals surface area contributed by atoms with Crippen molar-refractivity contribution in [3.8, 4) is 0 Å². The lowest BCUT2D eigenvalue weighted by atomic mass is 9.83. The Labute approximate surface area is 91.0 Å². The van der Waals surface area contributed by atoms with Gasteiger partial charge in [0.15, 0.2) is 5.78 Å². The van der Waals surface area contributed by atoms with Gasteiger partial charge in [-0.15, -0.1) is 0 Å². The summed E-state index contributed by atoms with van der Waals surface area (Å²) >= 11 is 0. The molecule has 0 aromatic carbocycles. The Balaban J connectivity index is 2.11. The summed E-state index contributed by atoms with van der Waals surface area (Å²) in [6.45, 7) is 4.00. The molecule has 0 spiro atoms. The van der Waals surface area contributed by atoms with Crippen molar-refractivity contribution < 1.29 is 9.53 Å². The van der Waals surface area contributed by atoms with Gasteiger partial charge in [0.1, 0.15) is 6.10 Å². The lowest BCUT2D eigenvalue weighted by Gasteiger charge is -2.32. The first-order valence-electron chi connectivity index (χ1n) is 5.72. The van der Waals surface area contributed by atoms with Gasteiger partial charge in [-0.1, -0.05) is 17.7 Å². The van der Waals surface area contributed by atoms with Crippen molar-refractivity contribution in [2.75, 3.05) is 0 Å². The Morgan fingerprint density at radius 1 is 1.47 bits per heavy atom. The first-order chi connectivity index (χ1) is 7.18. The Bertz CT molecular complexity index is 314. The summed E-state index contributed by atoms with van der Waals surface area (Å²) in [6.07, 6.45) is 9.34. The standard InChI is InChI=1S/C13H18O2/c1-9-5-3-4-6-11(9)13-8-7-12(14)10(2)15-13/h5,7-8,10-11,13H,3-4,6H2,1-2H3. The lowest BCUT2D eigenvalue weighted by Crippen LogP contribution is -2.35. The number of carbonyl (C=O) groups is 1. The van der Waals surface area contributed by atoms with Crippen LogP contribution in [0.4, 0.5) is 0 Å². The number of rotatable bonds is 1. The van der Waals surface area contributed by atoms with Crippen LogP contribution in [0.5, 0.6) is 0 Å². The van der Waals surface area contributed by atoms with E-state index in [1.807, 2.05) is 13.0 Å². The van der Waals surface area contributed by atoms with Crippen LogP contribution in [0.3, 0.4) is 0 Å². The van der Waals surface area contributed by atoms with E-state index in [0.29, 0.717) is 5.92 Å². The second-order valence-electron chi connectivity index (χ2n) is 4.49. The van der Waals surface area contributed by atoms with E-state index in [4.69, 9.17) is 4.74 Å². The summed E-state index contributed by atoms with van der Waals surface area (Å²) in [5.41, 5.74) is 1.41. The van der Waals surface area contributed by atoms with Crippen LogP contribution in [-0.2, 0) is 9.53 Å². The van der Waals surface area contributed by atoms with E-state index in [2.05, 4.69) is 13.0 Å². The molecule has 2 heteroatoms. The molecule has 15 heavy (non-hydrogen) atoms. The molecule has 0 radical (unpaired) electrons. The normalized spacial score (nSPS) is 36.5.